The Morgan fingerprint density at radius 2 is 1.90 bits per heavy atom. The van der Waals surface area contributed by atoms with Gasteiger partial charge in [-0.15, -0.1) is 0 Å². The second-order valence-electron chi connectivity index (χ2n) is 6.61. The van der Waals surface area contributed by atoms with Gasteiger partial charge in [-0.1, -0.05) is 28.9 Å². The van der Waals surface area contributed by atoms with Gasteiger partial charge in [-0.05, 0) is 47.9 Å². The van der Waals surface area contributed by atoms with Crippen molar-refractivity contribution >= 4 is 31.9 Å². The molecule has 0 spiro atoms. The highest BCUT2D eigenvalue weighted by Crippen LogP contribution is 2.24. The highest BCUT2D eigenvalue weighted by atomic mass is 79.9. The van der Waals surface area contributed by atoms with Crippen molar-refractivity contribution < 1.29 is 22.3 Å². The van der Waals surface area contributed by atoms with Crippen LogP contribution in [-0.2, 0) is 27.7 Å². The van der Waals surface area contributed by atoms with Crippen LogP contribution in [0.4, 0.5) is 4.39 Å². The number of amides is 1. The lowest BCUT2D eigenvalue weighted by Gasteiger charge is -2.27. The Morgan fingerprint density at radius 3 is 2.59 bits per heavy atom. The molecule has 0 atom stereocenters. The molecular formula is C20H22BrFN2O4S. The van der Waals surface area contributed by atoms with Crippen LogP contribution < -0.4 is 5.32 Å². The Balaban J connectivity index is 1.84. The number of carbonyl (C=O) groups is 1. The highest BCUT2D eigenvalue weighted by Gasteiger charge is 2.29. The smallest absolute Gasteiger partial charge is 0.251 e. The fourth-order valence-corrected chi connectivity index (χ4v) is 5.22. The van der Waals surface area contributed by atoms with E-state index >= 15 is 0 Å². The molecule has 1 fully saturated rings. The number of sulfonamides is 1. The first-order valence-corrected chi connectivity index (χ1v) is 11.5. The first-order chi connectivity index (χ1) is 13.8. The molecule has 1 aliphatic rings. The van der Waals surface area contributed by atoms with Crippen molar-refractivity contribution in [3.05, 3.63) is 63.4 Å². The van der Waals surface area contributed by atoms with Crippen LogP contribution in [0.3, 0.4) is 0 Å². The summed E-state index contributed by atoms with van der Waals surface area (Å²) < 4.78 is 46.9. The van der Waals surface area contributed by atoms with Gasteiger partial charge in [0.1, 0.15) is 5.82 Å². The van der Waals surface area contributed by atoms with E-state index < -0.39 is 21.7 Å². The zero-order valence-corrected chi connectivity index (χ0v) is 18.4. The lowest BCUT2D eigenvalue weighted by molar-refractivity contribution is 0.0730. The molecule has 6 nitrogen and oxygen atoms in total. The van der Waals surface area contributed by atoms with Gasteiger partial charge in [0.15, 0.2) is 0 Å². The third-order valence-corrected chi connectivity index (χ3v) is 7.50. The van der Waals surface area contributed by atoms with Gasteiger partial charge >= 0.3 is 0 Å². The van der Waals surface area contributed by atoms with Gasteiger partial charge in [-0.25, -0.2) is 12.8 Å². The first kappa shape index (κ1) is 21.9. The Kier molecular flexibility index (Phi) is 7.05. The average Bonchev–Trinajstić information content (AvgIpc) is 2.74. The van der Waals surface area contributed by atoms with Crippen LogP contribution in [0.2, 0.25) is 0 Å². The van der Waals surface area contributed by atoms with Crippen LogP contribution in [0.15, 0.2) is 45.8 Å². The maximum atomic E-state index is 13.4. The molecule has 1 amide bonds. The van der Waals surface area contributed by atoms with Gasteiger partial charge in [-0.2, -0.15) is 4.31 Å². The topological polar surface area (TPSA) is 75.7 Å². The van der Waals surface area contributed by atoms with Crippen molar-refractivity contribution in [3.63, 3.8) is 0 Å². The van der Waals surface area contributed by atoms with Gasteiger partial charge in [0.05, 0.1) is 18.1 Å². The Hall–Kier alpha value is -1.81. The molecule has 0 unspecified atom stereocenters. The summed E-state index contributed by atoms with van der Waals surface area (Å²) in [5.74, 6) is -0.828. The number of benzene rings is 2. The van der Waals surface area contributed by atoms with E-state index in [0.717, 1.165) is 0 Å². The number of nitrogens with one attached hydrogen (secondary N) is 1. The number of halogens is 2. The van der Waals surface area contributed by atoms with Crippen molar-refractivity contribution in [2.24, 2.45) is 0 Å². The maximum absolute atomic E-state index is 13.4. The number of hydrogen-bond donors (Lipinski definition) is 1. The second kappa shape index (κ2) is 9.34. The van der Waals surface area contributed by atoms with E-state index in [9.17, 15) is 17.6 Å². The summed E-state index contributed by atoms with van der Waals surface area (Å²) in [6.45, 7) is 3.25. The normalized spacial score (nSPS) is 15.3. The van der Waals surface area contributed by atoms with Gasteiger partial charge < -0.3 is 10.1 Å². The molecule has 29 heavy (non-hydrogen) atoms. The number of morpholine rings is 1. The maximum Gasteiger partial charge on any atom is 0.251 e. The van der Waals surface area contributed by atoms with Crippen LogP contribution in [0, 0.1) is 5.82 Å². The van der Waals surface area contributed by atoms with E-state index in [-0.39, 0.29) is 30.1 Å². The molecule has 2 aromatic carbocycles. The summed E-state index contributed by atoms with van der Waals surface area (Å²) in [4.78, 5) is 12.8. The van der Waals surface area contributed by atoms with Gasteiger partial charge in [0.2, 0.25) is 10.0 Å². The van der Waals surface area contributed by atoms with E-state index in [1.54, 1.807) is 18.2 Å². The summed E-state index contributed by atoms with van der Waals surface area (Å²) in [7, 11) is -3.72. The lowest BCUT2D eigenvalue weighted by Crippen LogP contribution is -2.41. The predicted octanol–water partition coefficient (Wildman–Crippen LogP) is 3.10. The molecule has 156 valence electrons. The second-order valence-corrected chi connectivity index (χ2v) is 9.37. The van der Waals surface area contributed by atoms with Crippen LogP contribution in [0.25, 0.3) is 0 Å². The fourth-order valence-electron chi connectivity index (χ4n) is 3.11. The summed E-state index contributed by atoms with van der Waals surface area (Å²) in [6.07, 6.45) is 0.525. The zero-order valence-electron chi connectivity index (χ0n) is 16.0. The molecule has 0 radical (unpaired) electrons. The third-order valence-electron chi connectivity index (χ3n) is 4.75. The molecule has 0 aromatic heterocycles. The number of rotatable bonds is 6. The molecule has 0 aliphatic carbocycles. The number of nitrogens with zero attached hydrogens (tertiary/aromatic N) is 1. The van der Waals surface area contributed by atoms with E-state index in [4.69, 9.17) is 4.74 Å². The molecule has 1 N–H and O–H groups in total. The van der Waals surface area contributed by atoms with Crippen LogP contribution >= 0.6 is 15.9 Å². The summed E-state index contributed by atoms with van der Waals surface area (Å²) >= 11 is 3.32. The van der Waals surface area contributed by atoms with Gasteiger partial charge in [-0.3, -0.25) is 4.79 Å². The average molecular weight is 485 g/mol. The number of hydrogen-bond acceptors (Lipinski definition) is 4. The molecular weight excluding hydrogens is 463 g/mol. The molecule has 0 saturated carbocycles. The molecule has 1 aliphatic heterocycles. The Morgan fingerprint density at radius 1 is 1.17 bits per heavy atom. The number of ether oxygens (including phenoxy) is 1. The van der Waals surface area contributed by atoms with Crippen LogP contribution in [0.1, 0.15) is 28.4 Å². The highest BCUT2D eigenvalue weighted by molar-refractivity contribution is 9.10. The van der Waals surface area contributed by atoms with Gasteiger partial charge in [0.25, 0.3) is 5.91 Å². The first-order valence-electron chi connectivity index (χ1n) is 9.26. The summed E-state index contributed by atoms with van der Waals surface area (Å²) in [6, 6.07) is 8.91. The Bertz CT molecular complexity index is 1010. The van der Waals surface area contributed by atoms with E-state index in [2.05, 4.69) is 21.2 Å². The van der Waals surface area contributed by atoms with E-state index in [1.165, 1.54) is 22.5 Å². The summed E-state index contributed by atoms with van der Waals surface area (Å²) in [5, 5.41) is 2.71. The Labute approximate surface area is 178 Å². The fraction of sp³-hybridized carbons (Fsp3) is 0.350. The largest absolute Gasteiger partial charge is 0.379 e. The summed E-state index contributed by atoms with van der Waals surface area (Å²) in [5.41, 5.74) is 1.48. The third kappa shape index (κ3) is 5.03. The quantitative estimate of drug-likeness (QED) is 0.683. The van der Waals surface area contributed by atoms with Crippen molar-refractivity contribution in [1.82, 2.24) is 9.62 Å². The van der Waals surface area contributed by atoms with Crippen molar-refractivity contribution in [2.45, 2.75) is 24.8 Å². The molecule has 1 heterocycles. The lowest BCUT2D eigenvalue weighted by atomic mass is 10.1. The molecule has 9 heteroatoms. The van der Waals surface area contributed by atoms with Gasteiger partial charge in [0, 0.05) is 29.7 Å². The van der Waals surface area contributed by atoms with E-state index in [1.807, 2.05) is 6.92 Å². The zero-order chi connectivity index (χ0) is 21.0. The minimum Gasteiger partial charge on any atom is -0.379 e. The van der Waals surface area contributed by atoms with Crippen LogP contribution in [0.5, 0.6) is 0 Å². The predicted molar refractivity (Wildman–Crippen MR) is 111 cm³/mol. The minimum atomic E-state index is -3.72. The number of aryl methyl sites for hydroxylation is 1. The standard InChI is InChI=1S/C20H22BrFN2O4S/c1-2-14-3-4-15(12-19(14)29(26,27)24-7-9-28-10-8-24)20(25)23-13-16-11-17(22)5-6-18(16)21/h3-6,11-12H,2,7-10,13H2,1H3,(H,23,25). The van der Waals surface area contributed by atoms with Crippen molar-refractivity contribution in [1.29, 1.82) is 0 Å². The minimum absolute atomic E-state index is 0.109. The monoisotopic (exact) mass is 484 g/mol. The molecule has 2 aromatic rings. The van der Waals surface area contributed by atoms with Crippen molar-refractivity contribution in [3.8, 4) is 0 Å². The number of carbonyl (C=O) groups excluding carboxylic acids is 1. The molecule has 3 rings (SSSR count). The molecule has 0 bridgehead atoms. The van der Waals surface area contributed by atoms with E-state index in [0.29, 0.717) is 35.2 Å². The SMILES string of the molecule is CCc1ccc(C(=O)NCc2cc(F)ccc2Br)cc1S(=O)(=O)N1CCOCC1. The molecule has 1 saturated heterocycles. The van der Waals surface area contributed by atoms with Crippen LogP contribution in [-0.4, -0.2) is 44.9 Å². The van der Waals surface area contributed by atoms with Crippen molar-refractivity contribution in [2.75, 3.05) is 26.3 Å².